The quantitative estimate of drug-likeness (QED) is 0.452. The molecular formula is C27H31N5O. The number of aromatic amines is 1. The Hall–Kier alpha value is -3.38. The van der Waals surface area contributed by atoms with Gasteiger partial charge in [0.25, 0.3) is 0 Å². The van der Waals surface area contributed by atoms with E-state index in [0.717, 1.165) is 65.3 Å². The van der Waals surface area contributed by atoms with Gasteiger partial charge in [-0.1, -0.05) is 26.0 Å². The van der Waals surface area contributed by atoms with Gasteiger partial charge in [0.05, 0.1) is 12.3 Å². The predicted octanol–water partition coefficient (Wildman–Crippen LogP) is 5.08. The molecular weight excluding hydrogens is 410 g/mol. The molecule has 0 atom stereocenters. The van der Waals surface area contributed by atoms with Crippen molar-refractivity contribution < 1.29 is 4.74 Å². The molecule has 1 aliphatic heterocycles. The molecule has 0 aliphatic carbocycles. The van der Waals surface area contributed by atoms with Crippen LogP contribution in [0.25, 0.3) is 33.4 Å². The summed E-state index contributed by atoms with van der Waals surface area (Å²) in [4.78, 5) is 9.44. The first-order chi connectivity index (χ1) is 16.1. The lowest BCUT2D eigenvalue weighted by Crippen LogP contribution is -2.44. The van der Waals surface area contributed by atoms with Crippen LogP contribution in [0.1, 0.15) is 13.8 Å². The predicted molar refractivity (Wildman–Crippen MR) is 135 cm³/mol. The minimum Gasteiger partial charge on any atom is -0.493 e. The fourth-order valence-electron chi connectivity index (χ4n) is 4.19. The van der Waals surface area contributed by atoms with E-state index in [-0.39, 0.29) is 0 Å². The van der Waals surface area contributed by atoms with E-state index in [2.05, 4.69) is 88.3 Å². The van der Waals surface area contributed by atoms with Gasteiger partial charge in [-0.15, -0.1) is 0 Å². The molecule has 3 heterocycles. The van der Waals surface area contributed by atoms with E-state index in [1.54, 1.807) is 0 Å². The summed E-state index contributed by atoms with van der Waals surface area (Å²) in [6, 6.07) is 19.2. The molecule has 1 N–H and O–H groups in total. The van der Waals surface area contributed by atoms with Crippen LogP contribution in [0.15, 0.2) is 60.8 Å². The zero-order valence-corrected chi connectivity index (χ0v) is 19.6. The van der Waals surface area contributed by atoms with Gasteiger partial charge in [-0.2, -0.15) is 5.10 Å². The van der Waals surface area contributed by atoms with Crippen LogP contribution in [0.5, 0.6) is 5.75 Å². The number of hydrogen-bond acceptors (Lipinski definition) is 5. The maximum absolute atomic E-state index is 5.82. The molecule has 0 radical (unpaired) electrons. The summed E-state index contributed by atoms with van der Waals surface area (Å²) in [6.07, 6.45) is 1.90. The van der Waals surface area contributed by atoms with Crippen molar-refractivity contribution in [3.8, 4) is 28.1 Å². The van der Waals surface area contributed by atoms with Crippen molar-refractivity contribution in [2.24, 2.45) is 5.92 Å². The monoisotopic (exact) mass is 441 g/mol. The Balaban J connectivity index is 1.38. The highest BCUT2D eigenvalue weighted by Gasteiger charge is 2.15. The summed E-state index contributed by atoms with van der Waals surface area (Å²) in [5.41, 5.74) is 6.30. The van der Waals surface area contributed by atoms with Crippen molar-refractivity contribution in [1.82, 2.24) is 20.1 Å². The van der Waals surface area contributed by atoms with Crippen molar-refractivity contribution >= 4 is 16.7 Å². The second-order valence-electron chi connectivity index (χ2n) is 9.26. The largest absolute Gasteiger partial charge is 0.493 e. The third-order valence-electron chi connectivity index (χ3n) is 6.20. The van der Waals surface area contributed by atoms with Gasteiger partial charge in [0.2, 0.25) is 0 Å². The molecule has 1 aliphatic rings. The van der Waals surface area contributed by atoms with Gasteiger partial charge in [-0.3, -0.25) is 5.10 Å². The van der Waals surface area contributed by atoms with E-state index in [9.17, 15) is 0 Å². The number of pyridine rings is 1. The average molecular weight is 442 g/mol. The van der Waals surface area contributed by atoms with E-state index in [0.29, 0.717) is 12.5 Å². The van der Waals surface area contributed by atoms with Gasteiger partial charge in [0.1, 0.15) is 5.75 Å². The summed E-state index contributed by atoms with van der Waals surface area (Å²) in [5.74, 6) is 1.39. The van der Waals surface area contributed by atoms with E-state index < -0.39 is 0 Å². The standard InChI is InChI=1S/C27H31N5O/c1-19(2)18-33-24-10-6-21(7-11-24)26-25-16-22(17-28-27(25)30-29-26)20-4-8-23(9-5-20)32-14-12-31(3)13-15-32/h4-11,16-17,19H,12-15,18H2,1-3H3,(H,28,29,30). The number of fused-ring (bicyclic) bond motifs is 1. The topological polar surface area (TPSA) is 57.3 Å². The highest BCUT2D eigenvalue weighted by Crippen LogP contribution is 2.31. The number of H-pyrrole nitrogens is 1. The van der Waals surface area contributed by atoms with Crippen LogP contribution in [0, 0.1) is 5.92 Å². The molecule has 0 amide bonds. The number of nitrogens with one attached hydrogen (secondary N) is 1. The number of ether oxygens (including phenoxy) is 1. The molecule has 2 aromatic carbocycles. The molecule has 0 bridgehead atoms. The zero-order chi connectivity index (χ0) is 22.8. The van der Waals surface area contributed by atoms with Gasteiger partial charge in [-0.05, 0) is 61.0 Å². The minimum absolute atomic E-state index is 0.501. The fourth-order valence-corrected chi connectivity index (χ4v) is 4.19. The number of nitrogens with zero attached hydrogens (tertiary/aromatic N) is 4. The van der Waals surface area contributed by atoms with Crippen LogP contribution in [0.2, 0.25) is 0 Å². The van der Waals surface area contributed by atoms with Crippen LogP contribution in [0.3, 0.4) is 0 Å². The highest BCUT2D eigenvalue weighted by atomic mass is 16.5. The lowest BCUT2D eigenvalue weighted by Gasteiger charge is -2.34. The van der Waals surface area contributed by atoms with E-state index >= 15 is 0 Å². The second kappa shape index (κ2) is 9.24. The molecule has 1 fully saturated rings. The van der Waals surface area contributed by atoms with Crippen LogP contribution >= 0.6 is 0 Å². The highest BCUT2D eigenvalue weighted by molar-refractivity contribution is 5.93. The maximum Gasteiger partial charge on any atom is 0.181 e. The Labute approximate surface area is 195 Å². The summed E-state index contributed by atoms with van der Waals surface area (Å²) >= 11 is 0. The lowest BCUT2D eigenvalue weighted by molar-refractivity contribution is 0.271. The second-order valence-corrected chi connectivity index (χ2v) is 9.26. The Morgan fingerprint density at radius 2 is 1.61 bits per heavy atom. The molecule has 0 spiro atoms. The van der Waals surface area contributed by atoms with Gasteiger partial charge in [-0.25, -0.2) is 4.98 Å². The lowest BCUT2D eigenvalue weighted by atomic mass is 10.0. The minimum atomic E-state index is 0.501. The smallest absolute Gasteiger partial charge is 0.181 e. The molecule has 0 unspecified atom stereocenters. The number of benzene rings is 2. The summed E-state index contributed by atoms with van der Waals surface area (Å²) in [5, 5.41) is 8.61. The van der Waals surface area contributed by atoms with E-state index in [4.69, 9.17) is 4.74 Å². The molecule has 5 rings (SSSR count). The average Bonchev–Trinajstić information content (AvgIpc) is 3.27. The third-order valence-corrected chi connectivity index (χ3v) is 6.20. The number of likely N-dealkylation sites (N-methyl/N-ethyl adjacent to an activating group) is 1. The van der Waals surface area contributed by atoms with E-state index in [1.807, 2.05) is 18.3 Å². The Kier molecular flexibility index (Phi) is 6.01. The van der Waals surface area contributed by atoms with Gasteiger partial charge in [0, 0.05) is 54.6 Å². The van der Waals surface area contributed by atoms with Crippen LogP contribution in [-0.2, 0) is 0 Å². The van der Waals surface area contributed by atoms with Crippen molar-refractivity contribution in [3.63, 3.8) is 0 Å². The number of piperazine rings is 1. The SMILES string of the molecule is CC(C)COc1ccc(-c2[nH]nc3ncc(-c4ccc(N5CCN(C)CC5)cc4)cc23)cc1. The van der Waals surface area contributed by atoms with Crippen molar-refractivity contribution in [1.29, 1.82) is 0 Å². The number of aromatic nitrogens is 3. The van der Waals surface area contributed by atoms with Crippen molar-refractivity contribution in [3.05, 3.63) is 60.8 Å². The summed E-state index contributed by atoms with van der Waals surface area (Å²) in [6.45, 7) is 9.37. The van der Waals surface area contributed by atoms with Crippen LogP contribution in [0.4, 0.5) is 5.69 Å². The molecule has 6 nitrogen and oxygen atoms in total. The summed E-state index contributed by atoms with van der Waals surface area (Å²) in [7, 11) is 2.18. The first kappa shape index (κ1) is 21.5. The number of hydrogen-bond donors (Lipinski definition) is 1. The molecule has 33 heavy (non-hydrogen) atoms. The van der Waals surface area contributed by atoms with Crippen molar-refractivity contribution in [2.45, 2.75) is 13.8 Å². The first-order valence-corrected chi connectivity index (χ1v) is 11.7. The maximum atomic E-state index is 5.82. The van der Waals surface area contributed by atoms with Crippen molar-refractivity contribution in [2.75, 3.05) is 44.7 Å². The van der Waals surface area contributed by atoms with Crippen LogP contribution in [-0.4, -0.2) is 59.9 Å². The Morgan fingerprint density at radius 3 is 2.30 bits per heavy atom. The molecule has 1 saturated heterocycles. The van der Waals surface area contributed by atoms with Gasteiger partial charge in [0.15, 0.2) is 5.65 Å². The van der Waals surface area contributed by atoms with Gasteiger partial charge < -0.3 is 14.5 Å². The fraction of sp³-hybridized carbons (Fsp3) is 0.333. The summed E-state index contributed by atoms with van der Waals surface area (Å²) < 4.78 is 5.82. The molecule has 170 valence electrons. The molecule has 0 saturated carbocycles. The van der Waals surface area contributed by atoms with Gasteiger partial charge >= 0.3 is 0 Å². The first-order valence-electron chi connectivity index (χ1n) is 11.7. The number of anilines is 1. The Bertz CT molecular complexity index is 1210. The molecule has 2 aromatic heterocycles. The molecule has 6 heteroatoms. The normalized spacial score (nSPS) is 14.8. The van der Waals surface area contributed by atoms with Crippen LogP contribution < -0.4 is 9.64 Å². The third kappa shape index (κ3) is 4.71. The molecule has 4 aromatic rings. The number of rotatable bonds is 6. The Morgan fingerprint density at radius 1 is 0.909 bits per heavy atom. The van der Waals surface area contributed by atoms with E-state index in [1.165, 1.54) is 5.69 Å². The zero-order valence-electron chi connectivity index (χ0n) is 19.6.